The van der Waals surface area contributed by atoms with Gasteiger partial charge in [-0.25, -0.2) is 0 Å². The normalized spacial score (nSPS) is 9.37. The maximum absolute atomic E-state index is 8.96. The van der Waals surface area contributed by atoms with Gasteiger partial charge in [-0.15, -0.1) is 0 Å². The van der Waals surface area contributed by atoms with Gasteiger partial charge in [0, 0.05) is 51.6 Å². The Morgan fingerprint density at radius 1 is 1.16 bits per heavy atom. The van der Waals surface area contributed by atoms with E-state index in [0.717, 1.165) is 22.5 Å². The molecule has 0 aliphatic carbocycles. The van der Waals surface area contributed by atoms with E-state index in [1.807, 2.05) is 56.3 Å². The summed E-state index contributed by atoms with van der Waals surface area (Å²) in [5.41, 5.74) is 4.79. The second kappa shape index (κ2) is 6.47. The molecule has 0 unspecified atom stereocenters. The summed E-state index contributed by atoms with van der Waals surface area (Å²) in [4.78, 5) is 6.43. The molecule has 0 aliphatic rings. The van der Waals surface area contributed by atoms with E-state index >= 15 is 0 Å². The van der Waals surface area contributed by atoms with Crippen molar-refractivity contribution in [1.82, 2.24) is 4.98 Å². The molecule has 1 aromatic heterocycles. The summed E-state index contributed by atoms with van der Waals surface area (Å²) >= 11 is 0. The molecule has 0 aliphatic heterocycles. The van der Waals surface area contributed by atoms with Crippen molar-refractivity contribution in [2.45, 2.75) is 6.92 Å². The minimum Gasteiger partial charge on any atom is -0.378 e. The molecule has 0 fully saturated rings. The van der Waals surface area contributed by atoms with Gasteiger partial charge in [-0.2, -0.15) is 5.26 Å². The zero-order chi connectivity index (χ0) is 13.1. The van der Waals surface area contributed by atoms with Crippen LogP contribution in [0.4, 0.5) is 5.69 Å². The summed E-state index contributed by atoms with van der Waals surface area (Å²) < 4.78 is 0. The van der Waals surface area contributed by atoms with Gasteiger partial charge in [-0.3, -0.25) is 4.98 Å². The molecule has 19 heavy (non-hydrogen) atoms. The number of aryl methyl sites for hydroxylation is 1. The molecule has 2 aromatic rings. The fourth-order valence-electron chi connectivity index (χ4n) is 1.81. The van der Waals surface area contributed by atoms with E-state index in [4.69, 9.17) is 5.26 Å². The Morgan fingerprint density at radius 2 is 1.89 bits per heavy atom. The van der Waals surface area contributed by atoms with Crippen LogP contribution in [0.15, 0.2) is 36.5 Å². The van der Waals surface area contributed by atoms with E-state index in [2.05, 4.69) is 11.1 Å². The molecular formula is C15H15IrN3. The molecule has 0 N–H and O–H groups in total. The molecule has 3 nitrogen and oxygen atoms in total. The van der Waals surface area contributed by atoms with Crippen molar-refractivity contribution < 1.29 is 20.1 Å². The number of pyridine rings is 1. The minimum absolute atomic E-state index is 0. The van der Waals surface area contributed by atoms with Crippen molar-refractivity contribution in [3.8, 4) is 17.3 Å². The van der Waals surface area contributed by atoms with Crippen LogP contribution in [0.5, 0.6) is 0 Å². The second-order valence-corrected chi connectivity index (χ2v) is 4.44. The summed E-state index contributed by atoms with van der Waals surface area (Å²) in [6.45, 7) is 2.03. The van der Waals surface area contributed by atoms with Crippen LogP contribution >= 0.6 is 0 Å². The Hall–Kier alpha value is -1.69. The number of nitrogens with zero attached hydrogens (tertiary/aromatic N) is 3. The molecule has 0 saturated heterocycles. The van der Waals surface area contributed by atoms with Crippen LogP contribution in [0.1, 0.15) is 11.1 Å². The molecule has 2 rings (SSSR count). The Kier molecular flexibility index (Phi) is 5.23. The number of hydrogen-bond acceptors (Lipinski definition) is 3. The summed E-state index contributed by atoms with van der Waals surface area (Å²) in [6, 6.07) is 11.8. The molecule has 4 heteroatoms. The average Bonchev–Trinajstić information content (AvgIpc) is 2.39. The van der Waals surface area contributed by atoms with Crippen molar-refractivity contribution in [2.24, 2.45) is 0 Å². The van der Waals surface area contributed by atoms with Crippen LogP contribution < -0.4 is 4.90 Å². The minimum atomic E-state index is 0. The molecule has 0 atom stereocenters. The standard InChI is InChI=1S/C15H15N3.Ir/c1-11-4-5-12(10-16)8-14(11)15-9-13(18(2)3)6-7-17-15;/h4-9H,1-3H3;. The number of nitriles is 1. The van der Waals surface area contributed by atoms with Crippen molar-refractivity contribution in [3.05, 3.63) is 47.7 Å². The molecule has 99 valence electrons. The SMILES string of the molecule is Cc1ccc(C#N)cc1-c1cc(N(C)C)ccn1.[Ir]. The largest absolute Gasteiger partial charge is 0.378 e. The third kappa shape index (κ3) is 3.41. The summed E-state index contributed by atoms with van der Waals surface area (Å²) in [5.74, 6) is 0. The first-order chi connectivity index (χ1) is 8.61. The van der Waals surface area contributed by atoms with Crippen molar-refractivity contribution in [2.75, 3.05) is 19.0 Å². The third-order valence-electron chi connectivity index (χ3n) is 2.90. The van der Waals surface area contributed by atoms with Gasteiger partial charge in [0.05, 0.1) is 17.3 Å². The van der Waals surface area contributed by atoms with Crippen molar-refractivity contribution >= 4 is 5.69 Å². The molecule has 1 heterocycles. The van der Waals surface area contributed by atoms with E-state index in [-0.39, 0.29) is 20.1 Å². The van der Waals surface area contributed by atoms with Crippen LogP contribution in [0, 0.1) is 18.3 Å². The number of benzene rings is 1. The number of hydrogen-bond donors (Lipinski definition) is 0. The molecule has 0 saturated carbocycles. The fourth-order valence-corrected chi connectivity index (χ4v) is 1.81. The Labute approximate surface area is 127 Å². The van der Waals surface area contributed by atoms with E-state index in [1.165, 1.54) is 0 Å². The third-order valence-corrected chi connectivity index (χ3v) is 2.90. The van der Waals surface area contributed by atoms with Crippen LogP contribution in [-0.4, -0.2) is 19.1 Å². The van der Waals surface area contributed by atoms with Gasteiger partial charge in [0.1, 0.15) is 0 Å². The van der Waals surface area contributed by atoms with Crippen LogP contribution in [0.25, 0.3) is 11.3 Å². The van der Waals surface area contributed by atoms with Gasteiger partial charge in [0.2, 0.25) is 0 Å². The average molecular weight is 430 g/mol. The number of rotatable bonds is 2. The van der Waals surface area contributed by atoms with Gasteiger partial charge in [0.25, 0.3) is 0 Å². The predicted molar refractivity (Wildman–Crippen MR) is 73.5 cm³/mol. The van der Waals surface area contributed by atoms with Gasteiger partial charge >= 0.3 is 0 Å². The van der Waals surface area contributed by atoms with Crippen molar-refractivity contribution in [1.29, 1.82) is 5.26 Å². The molecule has 1 aromatic carbocycles. The van der Waals surface area contributed by atoms with E-state index in [1.54, 1.807) is 6.20 Å². The van der Waals surface area contributed by atoms with E-state index < -0.39 is 0 Å². The molecule has 0 amide bonds. The Bertz CT molecular complexity index is 615. The van der Waals surface area contributed by atoms with Gasteiger partial charge < -0.3 is 4.90 Å². The van der Waals surface area contributed by atoms with Gasteiger partial charge in [-0.05, 0) is 36.8 Å². The van der Waals surface area contributed by atoms with E-state index in [9.17, 15) is 0 Å². The van der Waals surface area contributed by atoms with Crippen LogP contribution in [-0.2, 0) is 20.1 Å². The molecule has 0 spiro atoms. The monoisotopic (exact) mass is 430 g/mol. The second-order valence-electron chi connectivity index (χ2n) is 4.44. The van der Waals surface area contributed by atoms with Crippen molar-refractivity contribution in [3.63, 3.8) is 0 Å². The molecule has 1 radical (unpaired) electrons. The van der Waals surface area contributed by atoms with Gasteiger partial charge in [-0.1, -0.05) is 6.07 Å². The van der Waals surface area contributed by atoms with E-state index in [0.29, 0.717) is 5.56 Å². The smallest absolute Gasteiger partial charge is 0.0991 e. The quantitative estimate of drug-likeness (QED) is 0.737. The predicted octanol–water partition coefficient (Wildman–Crippen LogP) is 2.99. The topological polar surface area (TPSA) is 39.9 Å². The molecule has 0 bridgehead atoms. The zero-order valence-electron chi connectivity index (χ0n) is 11.1. The number of anilines is 1. The van der Waals surface area contributed by atoms with Gasteiger partial charge in [0.15, 0.2) is 0 Å². The maximum Gasteiger partial charge on any atom is 0.0991 e. The van der Waals surface area contributed by atoms with Crippen LogP contribution in [0.2, 0.25) is 0 Å². The maximum atomic E-state index is 8.96. The number of aromatic nitrogens is 1. The molecular weight excluding hydrogens is 414 g/mol. The Morgan fingerprint density at radius 3 is 2.53 bits per heavy atom. The summed E-state index contributed by atoms with van der Waals surface area (Å²) in [5, 5.41) is 8.96. The Balaban J connectivity index is 0.00000180. The summed E-state index contributed by atoms with van der Waals surface area (Å²) in [6.07, 6.45) is 1.79. The first-order valence-electron chi connectivity index (χ1n) is 5.76. The van der Waals surface area contributed by atoms with Crippen LogP contribution in [0.3, 0.4) is 0 Å². The zero-order valence-corrected chi connectivity index (χ0v) is 13.5. The summed E-state index contributed by atoms with van der Waals surface area (Å²) in [7, 11) is 4.00. The first kappa shape index (κ1) is 15.4. The fraction of sp³-hybridized carbons (Fsp3) is 0.200. The first-order valence-corrected chi connectivity index (χ1v) is 5.76.